The molecule has 0 bridgehead atoms. The summed E-state index contributed by atoms with van der Waals surface area (Å²) in [5.74, 6) is 1.58. The van der Waals surface area contributed by atoms with Crippen molar-refractivity contribution in [3.63, 3.8) is 0 Å². The van der Waals surface area contributed by atoms with E-state index in [-0.39, 0.29) is 17.9 Å². The Bertz CT molecular complexity index is 726. The third kappa shape index (κ3) is 3.45. The number of hydrogen-bond acceptors (Lipinski definition) is 4. The van der Waals surface area contributed by atoms with Gasteiger partial charge in [0.25, 0.3) is 5.91 Å². The molecule has 0 saturated heterocycles. The Labute approximate surface area is 141 Å². The maximum Gasteiger partial charge on any atom is 0.251 e. The van der Waals surface area contributed by atoms with E-state index in [1.165, 1.54) is 0 Å². The van der Waals surface area contributed by atoms with E-state index in [9.17, 15) is 4.79 Å². The second-order valence-corrected chi connectivity index (χ2v) is 6.22. The van der Waals surface area contributed by atoms with Crippen LogP contribution in [0.15, 0.2) is 42.5 Å². The van der Waals surface area contributed by atoms with E-state index in [0.29, 0.717) is 24.5 Å². The van der Waals surface area contributed by atoms with Crippen molar-refractivity contribution in [1.82, 2.24) is 5.32 Å². The van der Waals surface area contributed by atoms with Crippen LogP contribution in [0.25, 0.3) is 0 Å². The molecule has 1 unspecified atom stereocenters. The highest BCUT2D eigenvalue weighted by atomic mass is 16.6. The van der Waals surface area contributed by atoms with Crippen LogP contribution in [0.3, 0.4) is 0 Å². The van der Waals surface area contributed by atoms with Crippen molar-refractivity contribution in [1.29, 1.82) is 0 Å². The second kappa shape index (κ2) is 6.83. The van der Waals surface area contributed by atoms with Crippen LogP contribution in [0.4, 0.5) is 5.69 Å². The first-order chi connectivity index (χ1) is 11.5. The molecule has 126 valence electrons. The molecule has 5 heteroatoms. The summed E-state index contributed by atoms with van der Waals surface area (Å²) in [5.41, 5.74) is 7.90. The maximum absolute atomic E-state index is 12.5. The van der Waals surface area contributed by atoms with Crippen LogP contribution >= 0.6 is 0 Å². The van der Waals surface area contributed by atoms with Gasteiger partial charge >= 0.3 is 0 Å². The third-order valence-corrected chi connectivity index (χ3v) is 4.05. The van der Waals surface area contributed by atoms with Crippen molar-refractivity contribution in [2.45, 2.75) is 19.9 Å². The zero-order chi connectivity index (χ0) is 17.1. The monoisotopic (exact) mass is 326 g/mol. The first kappa shape index (κ1) is 16.2. The van der Waals surface area contributed by atoms with Gasteiger partial charge in [-0.25, -0.2) is 0 Å². The van der Waals surface area contributed by atoms with Gasteiger partial charge in [0.2, 0.25) is 0 Å². The van der Waals surface area contributed by atoms with Gasteiger partial charge in [0, 0.05) is 11.3 Å². The molecule has 1 atom stereocenters. The summed E-state index contributed by atoms with van der Waals surface area (Å²) in [5, 5.41) is 3.10. The molecule has 0 spiro atoms. The van der Waals surface area contributed by atoms with Crippen molar-refractivity contribution in [3.05, 3.63) is 53.6 Å². The first-order valence-electron chi connectivity index (χ1n) is 8.10. The summed E-state index contributed by atoms with van der Waals surface area (Å²) in [6.45, 7) is 5.25. The number of carbonyl (C=O) groups excluding carboxylic acids is 1. The van der Waals surface area contributed by atoms with Gasteiger partial charge in [-0.2, -0.15) is 0 Å². The van der Waals surface area contributed by atoms with E-state index >= 15 is 0 Å². The molecule has 1 heterocycles. The standard InChI is InChI=1S/C19H22N2O3/c1-12(2)18(21-19(22)13-3-6-15(20)7-4-13)14-5-8-16-17(11-14)24-10-9-23-16/h3-8,11-12,18H,9-10,20H2,1-2H3,(H,21,22). The highest BCUT2D eigenvalue weighted by Crippen LogP contribution is 2.34. The fourth-order valence-electron chi connectivity index (χ4n) is 2.75. The van der Waals surface area contributed by atoms with Crippen LogP contribution in [-0.2, 0) is 0 Å². The fraction of sp³-hybridized carbons (Fsp3) is 0.316. The minimum Gasteiger partial charge on any atom is -0.486 e. The van der Waals surface area contributed by atoms with Gasteiger partial charge in [0.05, 0.1) is 6.04 Å². The number of anilines is 1. The lowest BCUT2D eigenvalue weighted by atomic mass is 9.95. The van der Waals surface area contributed by atoms with Crippen molar-refractivity contribution in [2.24, 2.45) is 5.92 Å². The summed E-state index contributed by atoms with van der Waals surface area (Å²) >= 11 is 0. The number of hydrogen-bond donors (Lipinski definition) is 2. The molecule has 0 radical (unpaired) electrons. The lowest BCUT2D eigenvalue weighted by Gasteiger charge is -2.25. The first-order valence-corrected chi connectivity index (χ1v) is 8.10. The van der Waals surface area contributed by atoms with E-state index < -0.39 is 0 Å². The molecule has 1 aliphatic rings. The van der Waals surface area contributed by atoms with Gasteiger partial charge in [0.15, 0.2) is 11.5 Å². The highest BCUT2D eigenvalue weighted by molar-refractivity contribution is 5.94. The summed E-state index contributed by atoms with van der Waals surface area (Å²) < 4.78 is 11.2. The van der Waals surface area contributed by atoms with Crippen molar-refractivity contribution >= 4 is 11.6 Å². The molecule has 0 aliphatic carbocycles. The number of ether oxygens (including phenoxy) is 2. The Hall–Kier alpha value is -2.69. The topological polar surface area (TPSA) is 73.6 Å². The molecule has 0 saturated carbocycles. The van der Waals surface area contributed by atoms with Crippen molar-refractivity contribution in [2.75, 3.05) is 18.9 Å². The average Bonchev–Trinajstić information content (AvgIpc) is 2.59. The normalized spacial score (nSPS) is 14.3. The average molecular weight is 326 g/mol. The Morgan fingerprint density at radius 2 is 1.71 bits per heavy atom. The Kier molecular flexibility index (Phi) is 4.60. The number of rotatable bonds is 4. The molecule has 0 aromatic heterocycles. The number of nitrogen functional groups attached to an aromatic ring is 1. The van der Waals surface area contributed by atoms with E-state index in [1.54, 1.807) is 24.3 Å². The number of nitrogens with one attached hydrogen (secondary N) is 1. The van der Waals surface area contributed by atoms with Gasteiger partial charge in [-0.3, -0.25) is 4.79 Å². The minimum absolute atomic E-state index is 0.120. The van der Waals surface area contributed by atoms with Gasteiger partial charge in [-0.15, -0.1) is 0 Å². The summed E-state index contributed by atoms with van der Waals surface area (Å²) in [4.78, 5) is 12.5. The van der Waals surface area contributed by atoms with Gasteiger partial charge in [0.1, 0.15) is 13.2 Å². The lowest BCUT2D eigenvalue weighted by molar-refractivity contribution is 0.0925. The number of amides is 1. The Balaban J connectivity index is 1.82. The van der Waals surface area contributed by atoms with Gasteiger partial charge in [-0.05, 0) is 47.9 Å². The SMILES string of the molecule is CC(C)C(NC(=O)c1ccc(N)cc1)c1ccc2c(c1)OCCO2. The van der Waals surface area contributed by atoms with E-state index in [4.69, 9.17) is 15.2 Å². The summed E-state index contributed by atoms with van der Waals surface area (Å²) in [6.07, 6.45) is 0. The van der Waals surface area contributed by atoms with Crippen LogP contribution in [0.1, 0.15) is 35.8 Å². The largest absolute Gasteiger partial charge is 0.486 e. The van der Waals surface area contributed by atoms with E-state index in [0.717, 1.165) is 17.1 Å². The number of fused-ring (bicyclic) bond motifs is 1. The summed E-state index contributed by atoms with van der Waals surface area (Å²) in [6, 6.07) is 12.6. The molecular formula is C19H22N2O3. The number of nitrogens with two attached hydrogens (primary N) is 1. The third-order valence-electron chi connectivity index (χ3n) is 4.05. The fourth-order valence-corrected chi connectivity index (χ4v) is 2.75. The van der Waals surface area contributed by atoms with Gasteiger partial charge < -0.3 is 20.5 Å². The number of carbonyl (C=O) groups is 1. The van der Waals surface area contributed by atoms with Crippen LogP contribution < -0.4 is 20.5 Å². The van der Waals surface area contributed by atoms with Crippen LogP contribution in [0.2, 0.25) is 0 Å². The molecule has 1 amide bonds. The smallest absolute Gasteiger partial charge is 0.251 e. The minimum atomic E-state index is -0.122. The summed E-state index contributed by atoms with van der Waals surface area (Å²) in [7, 11) is 0. The van der Waals surface area contributed by atoms with Crippen LogP contribution in [-0.4, -0.2) is 19.1 Å². The predicted octanol–water partition coefficient (Wildman–Crippen LogP) is 3.17. The van der Waals surface area contributed by atoms with Gasteiger partial charge in [-0.1, -0.05) is 19.9 Å². The number of benzene rings is 2. The molecule has 2 aromatic rings. The Morgan fingerprint density at radius 1 is 1.04 bits per heavy atom. The van der Waals surface area contributed by atoms with E-state index in [2.05, 4.69) is 19.2 Å². The maximum atomic E-state index is 12.5. The van der Waals surface area contributed by atoms with Crippen molar-refractivity contribution in [3.8, 4) is 11.5 Å². The highest BCUT2D eigenvalue weighted by Gasteiger charge is 2.22. The zero-order valence-corrected chi connectivity index (χ0v) is 13.9. The quantitative estimate of drug-likeness (QED) is 0.847. The van der Waals surface area contributed by atoms with E-state index in [1.807, 2.05) is 18.2 Å². The molecule has 5 nitrogen and oxygen atoms in total. The molecule has 3 N–H and O–H groups in total. The second-order valence-electron chi connectivity index (χ2n) is 6.22. The molecule has 2 aromatic carbocycles. The Morgan fingerprint density at radius 3 is 2.38 bits per heavy atom. The molecule has 24 heavy (non-hydrogen) atoms. The zero-order valence-electron chi connectivity index (χ0n) is 13.9. The molecule has 3 rings (SSSR count). The lowest BCUT2D eigenvalue weighted by Crippen LogP contribution is -2.31. The van der Waals surface area contributed by atoms with Crippen LogP contribution in [0, 0.1) is 5.92 Å². The molecular weight excluding hydrogens is 304 g/mol. The van der Waals surface area contributed by atoms with Crippen LogP contribution in [0.5, 0.6) is 11.5 Å². The van der Waals surface area contributed by atoms with Crippen molar-refractivity contribution < 1.29 is 14.3 Å². The molecule has 0 fully saturated rings. The molecule has 1 aliphatic heterocycles. The predicted molar refractivity (Wildman–Crippen MR) is 93.3 cm³/mol.